The topological polar surface area (TPSA) is 73.5 Å². The van der Waals surface area contributed by atoms with Gasteiger partial charge in [-0.2, -0.15) is 5.26 Å². The molecule has 5 rings (SSSR count). The van der Waals surface area contributed by atoms with E-state index in [2.05, 4.69) is 0 Å². The molecule has 4 saturated carbocycles. The lowest BCUT2D eigenvalue weighted by molar-refractivity contribution is -0.0498. The third-order valence-electron chi connectivity index (χ3n) is 6.28. The van der Waals surface area contributed by atoms with E-state index in [0.29, 0.717) is 17.2 Å². The van der Waals surface area contributed by atoms with Crippen LogP contribution in [0.2, 0.25) is 0 Å². The molecule has 126 valence electrons. The van der Waals surface area contributed by atoms with Crippen LogP contribution < -0.4 is 0 Å². The fourth-order valence-electron chi connectivity index (χ4n) is 5.57. The highest BCUT2D eigenvalue weighted by Crippen LogP contribution is 2.63. The Labute approximate surface area is 146 Å². The summed E-state index contributed by atoms with van der Waals surface area (Å²) in [4.78, 5) is 0. The summed E-state index contributed by atoms with van der Waals surface area (Å²) in [5.41, 5.74) is 1.59. The van der Waals surface area contributed by atoms with Gasteiger partial charge in [0.25, 0.3) is 0 Å². The second kappa shape index (κ2) is 5.53. The van der Waals surface area contributed by atoms with Gasteiger partial charge in [0.2, 0.25) is 0 Å². The molecule has 0 amide bonds. The first-order valence-corrected chi connectivity index (χ1v) is 8.51. The molecule has 4 bridgehead atoms. The van der Waals surface area contributed by atoms with E-state index in [1.807, 2.05) is 6.07 Å². The molecular formula is C20H23NO3. The lowest BCUT2D eigenvalue weighted by Gasteiger charge is -2.57. The van der Waals surface area contributed by atoms with Crippen molar-refractivity contribution in [1.82, 2.24) is 0 Å². The summed E-state index contributed by atoms with van der Waals surface area (Å²) >= 11 is 0. The molecule has 2 unspecified atom stereocenters. The number of aliphatic hydroxyl groups excluding tert-OH is 1. The van der Waals surface area contributed by atoms with Crippen molar-refractivity contribution in [3.63, 3.8) is 0 Å². The number of aliphatic hydroxyl groups is 1. The predicted molar refractivity (Wildman–Crippen MR) is 89.8 cm³/mol. The number of aromatic hydroxyl groups is 1. The van der Waals surface area contributed by atoms with Gasteiger partial charge in [0.15, 0.2) is 0 Å². The minimum Gasteiger partial charge on any atom is -0.507 e. The Morgan fingerprint density at radius 2 is 2.12 bits per heavy atom. The SMILES string of the molecule is [2H]C([2H])([2H])OC(=C1C2CC3CC1CC(CO)(C3)C2)c1ccc(C#N)c(O)c1. The maximum atomic E-state index is 10.1. The van der Waals surface area contributed by atoms with Gasteiger partial charge in [0.1, 0.15) is 17.6 Å². The molecule has 4 heteroatoms. The van der Waals surface area contributed by atoms with Crippen molar-refractivity contribution < 1.29 is 19.1 Å². The maximum Gasteiger partial charge on any atom is 0.134 e. The number of hydrogen-bond donors (Lipinski definition) is 2. The Morgan fingerprint density at radius 1 is 1.38 bits per heavy atom. The highest BCUT2D eigenvalue weighted by molar-refractivity contribution is 5.67. The Morgan fingerprint density at radius 3 is 2.71 bits per heavy atom. The second-order valence-electron chi connectivity index (χ2n) is 7.73. The fourth-order valence-corrected chi connectivity index (χ4v) is 5.57. The molecule has 4 aliphatic rings. The summed E-state index contributed by atoms with van der Waals surface area (Å²) < 4.78 is 28.3. The van der Waals surface area contributed by atoms with E-state index in [0.717, 1.165) is 37.7 Å². The third kappa shape index (κ3) is 2.22. The van der Waals surface area contributed by atoms with E-state index in [-0.39, 0.29) is 35.2 Å². The number of phenolic OH excluding ortho intramolecular Hbond substituents is 1. The van der Waals surface area contributed by atoms with Crippen LogP contribution in [0.3, 0.4) is 0 Å². The van der Waals surface area contributed by atoms with Crippen LogP contribution in [0.5, 0.6) is 5.75 Å². The van der Waals surface area contributed by atoms with Crippen LogP contribution in [0, 0.1) is 34.5 Å². The summed E-state index contributed by atoms with van der Waals surface area (Å²) in [5.74, 6) is 1.09. The lowest BCUT2D eigenvalue weighted by atomic mass is 9.48. The zero-order chi connectivity index (χ0) is 19.4. The first-order valence-electron chi connectivity index (χ1n) is 10.0. The van der Waals surface area contributed by atoms with E-state index in [1.54, 1.807) is 6.07 Å². The average molecular weight is 328 g/mol. The molecular weight excluding hydrogens is 302 g/mol. The van der Waals surface area contributed by atoms with Crippen molar-refractivity contribution in [3.05, 3.63) is 34.9 Å². The van der Waals surface area contributed by atoms with Crippen molar-refractivity contribution in [2.24, 2.45) is 23.2 Å². The normalized spacial score (nSPS) is 35.8. The highest BCUT2D eigenvalue weighted by Gasteiger charge is 2.53. The molecule has 1 aromatic carbocycles. The second-order valence-corrected chi connectivity index (χ2v) is 7.73. The zero-order valence-electron chi connectivity index (χ0n) is 16.5. The molecule has 4 aliphatic carbocycles. The molecule has 0 aromatic heterocycles. The van der Waals surface area contributed by atoms with Gasteiger partial charge in [-0.05, 0) is 79.0 Å². The molecule has 4 fully saturated rings. The number of hydrogen-bond acceptors (Lipinski definition) is 4. The number of rotatable bonds is 3. The minimum absolute atomic E-state index is 0.0438. The monoisotopic (exact) mass is 328 g/mol. The Hall–Kier alpha value is -1.99. The van der Waals surface area contributed by atoms with Gasteiger partial charge in [-0.15, -0.1) is 0 Å². The van der Waals surface area contributed by atoms with Gasteiger partial charge >= 0.3 is 0 Å². The van der Waals surface area contributed by atoms with Crippen LogP contribution in [0.25, 0.3) is 5.76 Å². The van der Waals surface area contributed by atoms with Gasteiger partial charge in [-0.3, -0.25) is 0 Å². The van der Waals surface area contributed by atoms with Crippen LogP contribution in [0.1, 0.15) is 47.3 Å². The van der Waals surface area contributed by atoms with Crippen molar-refractivity contribution in [2.45, 2.75) is 32.1 Å². The van der Waals surface area contributed by atoms with E-state index in [9.17, 15) is 10.2 Å². The summed E-state index contributed by atoms with van der Waals surface area (Å²) in [7, 11) is -2.60. The minimum atomic E-state index is -2.60. The summed E-state index contributed by atoms with van der Waals surface area (Å²) in [6.07, 6.45) is 4.73. The largest absolute Gasteiger partial charge is 0.507 e. The number of allylic oxidation sites excluding steroid dienone is 1. The van der Waals surface area contributed by atoms with Crippen molar-refractivity contribution in [3.8, 4) is 11.8 Å². The Bertz CT molecular complexity index is 822. The van der Waals surface area contributed by atoms with Crippen LogP contribution in [-0.4, -0.2) is 23.9 Å². The summed E-state index contributed by atoms with van der Waals surface area (Å²) in [6, 6.07) is 6.45. The van der Waals surface area contributed by atoms with E-state index >= 15 is 0 Å². The number of nitriles is 1. The number of phenols is 1. The van der Waals surface area contributed by atoms with Gasteiger partial charge in [0.05, 0.1) is 16.7 Å². The molecule has 0 aliphatic heterocycles. The number of methoxy groups -OCH3 is 1. The average Bonchev–Trinajstić information content (AvgIpc) is 2.59. The Balaban J connectivity index is 1.82. The van der Waals surface area contributed by atoms with Crippen molar-refractivity contribution >= 4 is 5.76 Å². The smallest absolute Gasteiger partial charge is 0.134 e. The third-order valence-corrected chi connectivity index (χ3v) is 6.28. The standard InChI is InChI=1S/C20H23NO3/c1-24-19(13-2-3-14(10-21)17(23)6-13)18-15-4-12-5-16(18)9-20(7-12,8-15)11-22/h2-3,6,12,15-16,22-23H,4-5,7-9,11H2,1H3/i1D3. The molecule has 0 heterocycles. The summed E-state index contributed by atoms with van der Waals surface area (Å²) in [5, 5.41) is 29.1. The predicted octanol–water partition coefficient (Wildman–Crippen LogP) is 3.44. The number of ether oxygens (including phenoxy) is 1. The van der Waals surface area contributed by atoms with Gasteiger partial charge < -0.3 is 14.9 Å². The Kier molecular flexibility index (Phi) is 2.85. The number of nitrogens with zero attached hydrogens (tertiary/aromatic N) is 1. The molecule has 4 nitrogen and oxygen atoms in total. The van der Waals surface area contributed by atoms with E-state index in [4.69, 9.17) is 14.1 Å². The van der Waals surface area contributed by atoms with E-state index in [1.165, 1.54) is 12.1 Å². The molecule has 1 aromatic rings. The van der Waals surface area contributed by atoms with Crippen LogP contribution in [0.15, 0.2) is 23.8 Å². The van der Waals surface area contributed by atoms with Crippen LogP contribution in [0.4, 0.5) is 0 Å². The van der Waals surface area contributed by atoms with Crippen LogP contribution in [-0.2, 0) is 4.74 Å². The van der Waals surface area contributed by atoms with Gasteiger partial charge in [-0.1, -0.05) is 0 Å². The number of benzene rings is 1. The molecule has 2 N–H and O–H groups in total. The van der Waals surface area contributed by atoms with Crippen molar-refractivity contribution in [2.75, 3.05) is 13.6 Å². The molecule has 0 radical (unpaired) electrons. The maximum absolute atomic E-state index is 10.1. The van der Waals surface area contributed by atoms with Crippen LogP contribution >= 0.6 is 0 Å². The van der Waals surface area contributed by atoms with E-state index < -0.39 is 7.04 Å². The fraction of sp³-hybridized carbons (Fsp3) is 0.550. The first-order chi connectivity index (χ1) is 12.7. The molecule has 0 spiro atoms. The van der Waals surface area contributed by atoms with Crippen molar-refractivity contribution in [1.29, 1.82) is 5.26 Å². The summed E-state index contributed by atoms with van der Waals surface area (Å²) in [6.45, 7) is 0.177. The lowest BCUT2D eigenvalue weighted by Crippen LogP contribution is -2.49. The quantitative estimate of drug-likeness (QED) is 0.834. The molecule has 24 heavy (non-hydrogen) atoms. The zero-order valence-corrected chi connectivity index (χ0v) is 13.5. The highest BCUT2D eigenvalue weighted by atomic mass is 16.5. The molecule has 2 atom stereocenters. The first kappa shape index (κ1) is 12.4. The molecule has 0 saturated heterocycles. The van der Waals surface area contributed by atoms with Gasteiger partial charge in [-0.25, -0.2) is 0 Å². The van der Waals surface area contributed by atoms with Gasteiger partial charge in [0, 0.05) is 12.2 Å².